The van der Waals surface area contributed by atoms with Crippen LogP contribution in [0.1, 0.15) is 23.6 Å². The van der Waals surface area contributed by atoms with Gasteiger partial charge in [0.1, 0.15) is 11.0 Å². The average molecular weight is 335 g/mol. The lowest BCUT2D eigenvalue weighted by atomic mass is 10.1. The zero-order valence-electron chi connectivity index (χ0n) is 13.2. The Kier molecular flexibility index (Phi) is 6.35. The predicted molar refractivity (Wildman–Crippen MR) is 92.0 cm³/mol. The number of halogens is 2. The van der Waals surface area contributed by atoms with Crippen molar-refractivity contribution in [2.75, 3.05) is 6.54 Å². The molecule has 0 saturated carbocycles. The van der Waals surface area contributed by atoms with Gasteiger partial charge in [-0.05, 0) is 42.7 Å². The van der Waals surface area contributed by atoms with Gasteiger partial charge in [-0.1, -0.05) is 29.8 Å². The number of rotatable bonds is 5. The van der Waals surface area contributed by atoms with Crippen molar-refractivity contribution in [2.45, 2.75) is 26.9 Å². The molecular weight excluding hydrogens is 315 g/mol. The smallest absolute Gasteiger partial charge is 0.191 e. The van der Waals surface area contributed by atoms with Crippen LogP contribution in [0.15, 0.2) is 41.5 Å². The van der Waals surface area contributed by atoms with Gasteiger partial charge in [0.2, 0.25) is 0 Å². The highest BCUT2D eigenvalue weighted by atomic mass is 35.5. The van der Waals surface area contributed by atoms with E-state index in [4.69, 9.17) is 11.6 Å². The summed E-state index contributed by atoms with van der Waals surface area (Å²) in [5.41, 5.74) is 2.62. The Balaban J connectivity index is 1.98. The maximum absolute atomic E-state index is 13.3. The first-order valence-electron chi connectivity index (χ1n) is 7.46. The molecule has 0 spiro atoms. The summed E-state index contributed by atoms with van der Waals surface area (Å²) in [5.74, 6) is 0.508. The van der Waals surface area contributed by atoms with Crippen LogP contribution in [0.5, 0.6) is 0 Å². The van der Waals surface area contributed by atoms with Crippen LogP contribution in [0.4, 0.5) is 4.39 Å². The van der Waals surface area contributed by atoms with Crippen LogP contribution >= 0.6 is 11.6 Å². The van der Waals surface area contributed by atoms with Crippen LogP contribution in [-0.2, 0) is 13.1 Å². The summed E-state index contributed by atoms with van der Waals surface area (Å²) < 4.78 is 13.3. The third kappa shape index (κ3) is 5.53. The Morgan fingerprint density at radius 1 is 1.22 bits per heavy atom. The summed E-state index contributed by atoms with van der Waals surface area (Å²) >= 11 is 5.77. The van der Waals surface area contributed by atoms with E-state index in [9.17, 15) is 4.39 Å². The van der Waals surface area contributed by atoms with E-state index in [1.54, 1.807) is 25.3 Å². The SMILES string of the molecule is CCNC(=NCc1ccc(Cl)nc1)NCc1ccc(F)c(C)c1. The summed E-state index contributed by atoms with van der Waals surface area (Å²) in [6.45, 7) is 5.59. The predicted octanol–water partition coefficient (Wildman–Crippen LogP) is 3.44. The molecule has 1 heterocycles. The Morgan fingerprint density at radius 3 is 2.65 bits per heavy atom. The molecule has 0 bridgehead atoms. The van der Waals surface area contributed by atoms with Gasteiger partial charge in [0.15, 0.2) is 5.96 Å². The highest BCUT2D eigenvalue weighted by Crippen LogP contribution is 2.09. The number of nitrogens with zero attached hydrogens (tertiary/aromatic N) is 2. The molecule has 122 valence electrons. The fourth-order valence-corrected chi connectivity index (χ4v) is 2.13. The van der Waals surface area contributed by atoms with Gasteiger partial charge in [-0.2, -0.15) is 0 Å². The third-order valence-corrected chi connectivity index (χ3v) is 3.46. The number of aromatic nitrogens is 1. The minimum atomic E-state index is -0.190. The van der Waals surface area contributed by atoms with Gasteiger partial charge >= 0.3 is 0 Å². The second kappa shape index (κ2) is 8.48. The van der Waals surface area contributed by atoms with E-state index in [1.165, 1.54) is 6.07 Å². The molecule has 0 unspecified atom stereocenters. The lowest BCUT2D eigenvalue weighted by Gasteiger charge is -2.12. The highest BCUT2D eigenvalue weighted by molar-refractivity contribution is 6.29. The van der Waals surface area contributed by atoms with E-state index in [1.807, 2.05) is 19.1 Å². The molecule has 0 aliphatic carbocycles. The molecule has 0 saturated heterocycles. The van der Waals surface area contributed by atoms with Crippen LogP contribution in [0.3, 0.4) is 0 Å². The number of benzene rings is 1. The number of pyridine rings is 1. The minimum Gasteiger partial charge on any atom is -0.357 e. The van der Waals surface area contributed by atoms with Crippen LogP contribution < -0.4 is 10.6 Å². The van der Waals surface area contributed by atoms with Gasteiger partial charge in [0.25, 0.3) is 0 Å². The molecule has 0 aliphatic heterocycles. The van der Waals surface area contributed by atoms with Gasteiger partial charge in [0, 0.05) is 19.3 Å². The highest BCUT2D eigenvalue weighted by Gasteiger charge is 2.02. The Morgan fingerprint density at radius 2 is 2.00 bits per heavy atom. The zero-order valence-corrected chi connectivity index (χ0v) is 14.0. The van der Waals surface area contributed by atoms with Gasteiger partial charge in [0.05, 0.1) is 6.54 Å². The number of hydrogen-bond acceptors (Lipinski definition) is 2. The van der Waals surface area contributed by atoms with Crippen molar-refractivity contribution in [2.24, 2.45) is 4.99 Å². The maximum atomic E-state index is 13.3. The van der Waals surface area contributed by atoms with Gasteiger partial charge in [-0.3, -0.25) is 0 Å². The average Bonchev–Trinajstić information content (AvgIpc) is 2.55. The van der Waals surface area contributed by atoms with E-state index in [0.717, 1.165) is 17.7 Å². The van der Waals surface area contributed by atoms with Gasteiger partial charge < -0.3 is 10.6 Å². The van der Waals surface area contributed by atoms with Crippen LogP contribution in [0.2, 0.25) is 5.15 Å². The monoisotopic (exact) mass is 334 g/mol. The molecule has 0 atom stereocenters. The normalized spacial score (nSPS) is 11.4. The van der Waals surface area contributed by atoms with Crippen LogP contribution in [0, 0.1) is 12.7 Å². The summed E-state index contributed by atoms with van der Waals surface area (Å²) in [6.07, 6.45) is 1.71. The molecule has 0 radical (unpaired) electrons. The summed E-state index contributed by atoms with van der Waals surface area (Å²) in [7, 11) is 0. The number of aryl methyl sites for hydroxylation is 1. The fourth-order valence-electron chi connectivity index (χ4n) is 2.01. The van der Waals surface area contributed by atoms with Crippen molar-refractivity contribution >= 4 is 17.6 Å². The zero-order chi connectivity index (χ0) is 16.7. The van der Waals surface area contributed by atoms with E-state index >= 15 is 0 Å². The molecule has 0 fully saturated rings. The maximum Gasteiger partial charge on any atom is 0.191 e. The summed E-state index contributed by atoms with van der Waals surface area (Å²) in [4.78, 5) is 8.54. The van der Waals surface area contributed by atoms with Crippen molar-refractivity contribution in [3.63, 3.8) is 0 Å². The molecule has 4 nitrogen and oxygen atoms in total. The number of guanidine groups is 1. The molecule has 0 amide bonds. The Labute approximate surface area is 140 Å². The first kappa shape index (κ1) is 17.2. The van der Waals surface area contributed by atoms with Crippen molar-refractivity contribution < 1.29 is 4.39 Å². The summed E-state index contributed by atoms with van der Waals surface area (Å²) in [6, 6.07) is 8.71. The minimum absolute atomic E-state index is 0.190. The molecular formula is C17H20ClFN4. The third-order valence-electron chi connectivity index (χ3n) is 3.23. The first-order chi connectivity index (χ1) is 11.1. The fraction of sp³-hybridized carbons (Fsp3) is 0.294. The molecule has 23 heavy (non-hydrogen) atoms. The van der Waals surface area contributed by atoms with Gasteiger partial charge in [-0.15, -0.1) is 0 Å². The van der Waals surface area contributed by atoms with Crippen LogP contribution in [-0.4, -0.2) is 17.5 Å². The Hall–Kier alpha value is -2.14. The van der Waals surface area contributed by atoms with Crippen molar-refractivity contribution in [3.8, 4) is 0 Å². The largest absolute Gasteiger partial charge is 0.357 e. The van der Waals surface area contributed by atoms with E-state index in [2.05, 4.69) is 20.6 Å². The lowest BCUT2D eigenvalue weighted by Crippen LogP contribution is -2.36. The number of hydrogen-bond donors (Lipinski definition) is 2. The standard InChI is InChI=1S/C17H20ClFN4/c1-3-20-17(23-11-14-5-7-16(18)21-10-14)22-9-13-4-6-15(19)12(2)8-13/h4-8,10H,3,9,11H2,1-2H3,(H2,20,22,23). The molecule has 1 aromatic heterocycles. The quantitative estimate of drug-likeness (QED) is 0.500. The Bertz CT molecular complexity index is 671. The lowest BCUT2D eigenvalue weighted by molar-refractivity contribution is 0.617. The molecule has 2 rings (SSSR count). The van der Waals surface area contributed by atoms with Gasteiger partial charge in [-0.25, -0.2) is 14.4 Å². The first-order valence-corrected chi connectivity index (χ1v) is 7.84. The van der Waals surface area contributed by atoms with E-state index < -0.39 is 0 Å². The van der Waals surface area contributed by atoms with Crippen molar-refractivity contribution in [1.29, 1.82) is 0 Å². The van der Waals surface area contributed by atoms with E-state index in [0.29, 0.717) is 29.8 Å². The topological polar surface area (TPSA) is 49.3 Å². The number of aliphatic imine (C=N–C) groups is 1. The molecule has 2 aromatic rings. The second-order valence-electron chi connectivity index (χ2n) is 5.12. The van der Waals surface area contributed by atoms with Crippen LogP contribution in [0.25, 0.3) is 0 Å². The summed E-state index contributed by atoms with van der Waals surface area (Å²) in [5, 5.41) is 6.88. The second-order valence-corrected chi connectivity index (χ2v) is 5.51. The molecule has 0 aliphatic rings. The molecule has 6 heteroatoms. The van der Waals surface area contributed by atoms with Crippen molar-refractivity contribution in [3.05, 3.63) is 64.2 Å². The molecule has 1 aromatic carbocycles. The number of nitrogens with one attached hydrogen (secondary N) is 2. The molecule has 2 N–H and O–H groups in total. The van der Waals surface area contributed by atoms with Crippen molar-refractivity contribution in [1.82, 2.24) is 15.6 Å². The van der Waals surface area contributed by atoms with E-state index in [-0.39, 0.29) is 5.82 Å².